The maximum absolute atomic E-state index is 11.5. The Morgan fingerprint density at radius 1 is 0.419 bits per heavy atom. The van der Waals surface area contributed by atoms with Gasteiger partial charge in [-0.15, -0.1) is 0 Å². The molecule has 8 bridgehead atoms. The van der Waals surface area contributed by atoms with E-state index in [1.54, 1.807) is 0 Å². The minimum atomic E-state index is -3.26. The second-order valence-electron chi connectivity index (χ2n) is 15.9. The number of fused-ring (bicyclic) bond motifs is 24. The largest absolute Gasteiger partial charge is 0.530 e. The average Bonchev–Trinajstić information content (AvgIpc) is 3.95. The van der Waals surface area contributed by atoms with Gasteiger partial charge in [-0.3, -0.25) is 4.23 Å². The van der Waals surface area contributed by atoms with Gasteiger partial charge in [0, 0.05) is 59.8 Å². The van der Waals surface area contributed by atoms with E-state index in [4.69, 9.17) is 24.9 Å². The molecule has 9 nitrogen and oxygen atoms in total. The Morgan fingerprint density at radius 2 is 0.839 bits per heavy atom. The normalized spacial score (nSPS) is 12.4. The molecule has 0 saturated carbocycles. The molecule has 8 aromatic carbocycles. The smallest absolute Gasteiger partial charge is 0.392 e. The van der Waals surface area contributed by atoms with E-state index in [9.17, 15) is 9.59 Å². The van der Waals surface area contributed by atoms with Crippen molar-refractivity contribution in [2.45, 2.75) is 0 Å². The van der Waals surface area contributed by atoms with Gasteiger partial charge in [-0.05, 0) is 122 Å². The summed E-state index contributed by atoms with van der Waals surface area (Å²) in [4.78, 5) is 49.6. The highest BCUT2D eigenvalue weighted by Crippen LogP contribution is 2.43. The van der Waals surface area contributed by atoms with Crippen molar-refractivity contribution in [3.8, 4) is 45.4 Å². The summed E-state index contributed by atoms with van der Waals surface area (Å²) in [6, 6.07) is 48.0. The molecule has 12 heteroatoms. The van der Waals surface area contributed by atoms with E-state index in [1.165, 1.54) is 4.23 Å². The Labute approximate surface area is 370 Å². The summed E-state index contributed by atoms with van der Waals surface area (Å²) in [5.41, 5.74) is 6.43. The van der Waals surface area contributed by atoms with Crippen LogP contribution in [-0.2, 0) is 7.05 Å². The third-order valence-corrected chi connectivity index (χ3v) is 14.1. The third kappa shape index (κ3) is 5.34. The molecule has 0 fully saturated rings. The van der Waals surface area contributed by atoms with Crippen LogP contribution in [0.2, 0.25) is 0 Å². The van der Waals surface area contributed by atoms with Gasteiger partial charge in [0.25, 0.3) is 0 Å². The van der Waals surface area contributed by atoms with Crippen LogP contribution in [0.3, 0.4) is 0 Å². The SMILES string of the molecule is Cn1c2cc3nc(nc4c5cc6ccccc6cc5c(nc5nc(nc1c1cc6ccccc6cc12)-c1cc2cc(Br)ccc2cc1-5)n4[Si](O)O)-c1cc2cc(Br)ccc2cc1-3. The lowest BCUT2D eigenvalue weighted by Gasteiger charge is -2.06. The fourth-order valence-corrected chi connectivity index (χ4v) is 10.8. The molecule has 3 aromatic heterocycles. The predicted molar refractivity (Wildman–Crippen MR) is 258 cm³/mol. The number of nitrogens with zero attached hydrogens (tertiary/aromatic N) is 7. The fourth-order valence-electron chi connectivity index (χ4n) is 9.34. The molecule has 0 atom stereocenters. The molecule has 2 aliphatic rings. The van der Waals surface area contributed by atoms with Gasteiger partial charge < -0.3 is 14.2 Å². The topological polar surface area (TPSA) is 115 Å². The molecule has 0 aliphatic carbocycles. The Balaban J connectivity index is 1.28. The van der Waals surface area contributed by atoms with Crippen LogP contribution in [0, 0.1) is 0 Å². The lowest BCUT2D eigenvalue weighted by atomic mass is 10.00. The molecule has 0 spiro atoms. The lowest BCUT2D eigenvalue weighted by Crippen LogP contribution is -2.24. The molecule has 293 valence electrons. The Morgan fingerprint density at radius 3 is 1.37 bits per heavy atom. The van der Waals surface area contributed by atoms with E-state index in [2.05, 4.69) is 127 Å². The number of benzene rings is 8. The Hall–Kier alpha value is -6.67. The van der Waals surface area contributed by atoms with Crippen LogP contribution in [0.4, 0.5) is 0 Å². The monoisotopic (exact) mass is 944 g/mol. The van der Waals surface area contributed by atoms with Gasteiger partial charge in [0.15, 0.2) is 17.5 Å². The van der Waals surface area contributed by atoms with Crippen LogP contribution in [0.1, 0.15) is 0 Å². The molecule has 2 N–H and O–H groups in total. The number of hydrogen-bond donors (Lipinski definition) is 2. The van der Waals surface area contributed by atoms with Gasteiger partial charge in [0.2, 0.25) is 0 Å². The van der Waals surface area contributed by atoms with E-state index < -0.39 is 9.45 Å². The number of rotatable bonds is 1. The second-order valence-corrected chi connectivity index (χ2v) is 18.8. The number of aromatic nitrogens is 7. The second kappa shape index (κ2) is 13.2. The maximum atomic E-state index is 11.5. The maximum Gasteiger partial charge on any atom is 0.530 e. The fraction of sp³-hybridized carbons (Fsp3) is 0.0200. The van der Waals surface area contributed by atoms with Crippen LogP contribution >= 0.6 is 31.9 Å². The summed E-state index contributed by atoms with van der Waals surface area (Å²) in [5.74, 6) is 1.36. The van der Waals surface area contributed by atoms with Crippen molar-refractivity contribution in [3.05, 3.63) is 148 Å². The number of aryl methyl sites for hydroxylation is 1. The van der Waals surface area contributed by atoms with Crippen LogP contribution < -0.4 is 0 Å². The van der Waals surface area contributed by atoms with E-state index >= 15 is 0 Å². The first kappa shape index (κ1) is 36.0. The molecule has 13 rings (SSSR count). The zero-order valence-corrected chi connectivity index (χ0v) is 36.7. The van der Waals surface area contributed by atoms with Crippen molar-refractivity contribution < 1.29 is 9.59 Å². The highest BCUT2D eigenvalue weighted by molar-refractivity contribution is 9.10. The molecule has 0 unspecified atom stereocenters. The number of hydrogen-bond acceptors (Lipinski definition) is 7. The van der Waals surface area contributed by atoms with Crippen molar-refractivity contribution in [2.24, 2.45) is 7.05 Å². The van der Waals surface area contributed by atoms with Gasteiger partial charge in [0.05, 0.1) is 11.2 Å². The zero-order valence-electron chi connectivity index (χ0n) is 32.6. The van der Waals surface area contributed by atoms with Crippen LogP contribution in [-0.4, -0.2) is 52.8 Å². The molecule has 62 heavy (non-hydrogen) atoms. The van der Waals surface area contributed by atoms with E-state index in [1.807, 2.05) is 55.6 Å². The minimum absolute atomic E-state index is 0.340. The molecular formula is C50H28Br2N7O2Si. The summed E-state index contributed by atoms with van der Waals surface area (Å²) >= 11 is 7.35. The van der Waals surface area contributed by atoms with Crippen molar-refractivity contribution in [2.75, 3.05) is 0 Å². The molecule has 0 saturated heterocycles. The lowest BCUT2D eigenvalue weighted by molar-refractivity contribution is 0.395. The first-order chi connectivity index (χ1) is 30.2. The van der Waals surface area contributed by atoms with E-state index in [-0.39, 0.29) is 0 Å². The van der Waals surface area contributed by atoms with Crippen molar-refractivity contribution in [1.29, 1.82) is 0 Å². The van der Waals surface area contributed by atoms with E-state index in [0.29, 0.717) is 39.5 Å². The summed E-state index contributed by atoms with van der Waals surface area (Å²) in [6.45, 7) is 0. The Bertz CT molecular complexity index is 4030. The van der Waals surface area contributed by atoms with Crippen LogP contribution in [0.15, 0.2) is 148 Å². The van der Waals surface area contributed by atoms with Crippen LogP contribution in [0.5, 0.6) is 0 Å². The van der Waals surface area contributed by atoms with Gasteiger partial charge in [0.1, 0.15) is 16.9 Å². The third-order valence-electron chi connectivity index (χ3n) is 12.3. The summed E-state index contributed by atoms with van der Waals surface area (Å²) in [6.07, 6.45) is 0. The predicted octanol–water partition coefficient (Wildman–Crippen LogP) is 11.9. The summed E-state index contributed by atoms with van der Waals surface area (Å²) < 4.78 is 5.52. The number of halogens is 2. The molecule has 2 aliphatic heterocycles. The summed E-state index contributed by atoms with van der Waals surface area (Å²) in [5, 5.41) is 11.7. The quantitative estimate of drug-likeness (QED) is 0.158. The van der Waals surface area contributed by atoms with Crippen molar-refractivity contribution in [1.82, 2.24) is 33.7 Å². The summed E-state index contributed by atoms with van der Waals surface area (Å²) in [7, 11) is -1.21. The average molecular weight is 947 g/mol. The van der Waals surface area contributed by atoms with Gasteiger partial charge in [-0.25, -0.2) is 24.9 Å². The molecule has 11 aromatic rings. The molecule has 0 amide bonds. The molecule has 5 heterocycles. The highest BCUT2D eigenvalue weighted by atomic mass is 79.9. The van der Waals surface area contributed by atoms with Gasteiger partial charge >= 0.3 is 9.45 Å². The Kier molecular flexibility index (Phi) is 7.65. The van der Waals surface area contributed by atoms with Crippen molar-refractivity contribution >= 4 is 128 Å². The van der Waals surface area contributed by atoms with E-state index in [0.717, 1.165) is 102 Å². The van der Waals surface area contributed by atoms with Gasteiger partial charge in [-0.2, -0.15) is 0 Å². The first-order valence-corrected chi connectivity index (χ1v) is 22.9. The molecular weight excluding hydrogens is 918 g/mol. The zero-order chi connectivity index (χ0) is 41.5. The highest BCUT2D eigenvalue weighted by Gasteiger charge is 2.27. The standard InChI is InChI=1S/C50H28Br2N7O2Si/c1-58-44-24-43-35-16-29-10-12-33(51)14-31(29)22-37(35)45(53-43)56-49-41-20-27-8-4-5-9-28(27)21-42(41)50(59(49)62(60)61)57-47-38-18-30-11-13-34(52)15-32(30)23-39(38)46(54-47)55-48(58)40-19-26-7-3-2-6-25(26)17-36(40)44/h2-24,60-61H,1H3. The molecule has 1 radical (unpaired) electrons. The van der Waals surface area contributed by atoms with Crippen LogP contribution in [0.25, 0.3) is 133 Å². The van der Waals surface area contributed by atoms with Crippen molar-refractivity contribution in [3.63, 3.8) is 0 Å². The first-order valence-electron chi connectivity index (χ1n) is 20.0. The van der Waals surface area contributed by atoms with Gasteiger partial charge in [-0.1, -0.05) is 92.5 Å². The minimum Gasteiger partial charge on any atom is -0.392 e.